The summed E-state index contributed by atoms with van der Waals surface area (Å²) in [6.07, 6.45) is 0. The Morgan fingerprint density at radius 1 is 0.315 bits per heavy atom. The van der Waals surface area contributed by atoms with Gasteiger partial charge in [-0.25, -0.2) is 0 Å². The van der Waals surface area contributed by atoms with Gasteiger partial charge in [0.15, 0.2) is 0 Å². The molecular formula is C52H33NO. The summed E-state index contributed by atoms with van der Waals surface area (Å²) in [5.74, 6) is 0. The van der Waals surface area contributed by atoms with Gasteiger partial charge in [-0.3, -0.25) is 0 Å². The van der Waals surface area contributed by atoms with E-state index in [1.165, 1.54) is 59.8 Å². The zero-order chi connectivity index (χ0) is 35.6. The quantitative estimate of drug-likeness (QED) is 0.168. The summed E-state index contributed by atoms with van der Waals surface area (Å²) < 4.78 is 6.43. The van der Waals surface area contributed by atoms with Crippen molar-refractivity contribution < 1.29 is 4.42 Å². The largest absolute Gasteiger partial charge is 0.456 e. The van der Waals surface area contributed by atoms with Crippen LogP contribution in [0.3, 0.4) is 0 Å². The van der Waals surface area contributed by atoms with Crippen LogP contribution in [0.1, 0.15) is 0 Å². The Morgan fingerprint density at radius 3 is 1.65 bits per heavy atom. The van der Waals surface area contributed by atoms with Gasteiger partial charge in [-0.15, -0.1) is 0 Å². The second-order valence-corrected chi connectivity index (χ2v) is 14.1. The zero-order valence-corrected chi connectivity index (χ0v) is 29.4. The first-order valence-electron chi connectivity index (χ1n) is 18.5. The van der Waals surface area contributed by atoms with Crippen molar-refractivity contribution in [2.45, 2.75) is 0 Å². The molecule has 252 valence electrons. The standard InChI is InChI=1S/C52H33NO/c1-3-11-34(12-4-1)39-25-29-49-46(32-39)47-33-42(27-30-50(47)54-49)53(48-18-10-9-16-43(48)35-13-5-2-6-14-35)41-26-28-45-40(31-41)24-23-38-22-21-37-20-19-36-15-7-8-17-44(36)51(37)52(38)45/h1-33H. The van der Waals surface area contributed by atoms with Gasteiger partial charge in [0, 0.05) is 27.7 Å². The fourth-order valence-electron chi connectivity index (χ4n) is 8.45. The van der Waals surface area contributed by atoms with Gasteiger partial charge in [-0.1, -0.05) is 152 Å². The molecular weight excluding hydrogens is 655 g/mol. The van der Waals surface area contributed by atoms with Crippen LogP contribution in [0.4, 0.5) is 17.1 Å². The third-order valence-electron chi connectivity index (χ3n) is 11.0. The van der Waals surface area contributed by atoms with E-state index in [9.17, 15) is 0 Å². The molecule has 0 radical (unpaired) electrons. The van der Waals surface area contributed by atoms with E-state index >= 15 is 0 Å². The van der Waals surface area contributed by atoms with Crippen LogP contribution in [-0.2, 0) is 0 Å². The lowest BCUT2D eigenvalue weighted by molar-refractivity contribution is 0.669. The first kappa shape index (κ1) is 30.5. The molecule has 1 heterocycles. The van der Waals surface area contributed by atoms with Gasteiger partial charge >= 0.3 is 0 Å². The predicted molar refractivity (Wildman–Crippen MR) is 229 cm³/mol. The van der Waals surface area contributed by atoms with Gasteiger partial charge in [0.05, 0.1) is 5.69 Å². The summed E-state index contributed by atoms with van der Waals surface area (Å²) in [4.78, 5) is 2.41. The molecule has 0 atom stereocenters. The van der Waals surface area contributed by atoms with E-state index in [0.29, 0.717) is 0 Å². The first-order chi connectivity index (χ1) is 26.8. The number of para-hydroxylation sites is 1. The number of hydrogen-bond donors (Lipinski definition) is 0. The summed E-state index contributed by atoms with van der Waals surface area (Å²) >= 11 is 0. The van der Waals surface area contributed by atoms with Gasteiger partial charge < -0.3 is 9.32 Å². The maximum atomic E-state index is 6.43. The second-order valence-electron chi connectivity index (χ2n) is 14.1. The van der Waals surface area contributed by atoms with Crippen molar-refractivity contribution in [3.8, 4) is 22.3 Å². The highest BCUT2D eigenvalue weighted by atomic mass is 16.3. The maximum absolute atomic E-state index is 6.43. The number of hydrogen-bond acceptors (Lipinski definition) is 2. The minimum absolute atomic E-state index is 0.874. The highest BCUT2D eigenvalue weighted by molar-refractivity contribution is 6.27. The van der Waals surface area contributed by atoms with E-state index in [0.717, 1.165) is 44.6 Å². The number of nitrogens with zero attached hydrogens (tertiary/aromatic N) is 1. The molecule has 2 heteroatoms. The van der Waals surface area contributed by atoms with Crippen molar-refractivity contribution in [3.05, 3.63) is 200 Å². The molecule has 0 N–H and O–H groups in total. The van der Waals surface area contributed by atoms with Gasteiger partial charge in [-0.05, 0) is 108 Å². The van der Waals surface area contributed by atoms with E-state index in [1.807, 2.05) is 0 Å². The molecule has 0 saturated heterocycles. The predicted octanol–water partition coefficient (Wildman–Crippen LogP) is 15.0. The van der Waals surface area contributed by atoms with Gasteiger partial charge in [0.1, 0.15) is 11.2 Å². The third-order valence-corrected chi connectivity index (χ3v) is 11.0. The molecule has 11 aromatic rings. The van der Waals surface area contributed by atoms with Crippen LogP contribution in [0.25, 0.3) is 87.3 Å². The number of anilines is 3. The Balaban J connectivity index is 1.16. The van der Waals surface area contributed by atoms with E-state index in [1.54, 1.807) is 0 Å². The molecule has 0 amide bonds. The van der Waals surface area contributed by atoms with Crippen molar-refractivity contribution in [2.24, 2.45) is 0 Å². The molecule has 0 bridgehead atoms. The molecule has 0 spiro atoms. The van der Waals surface area contributed by atoms with Crippen LogP contribution >= 0.6 is 0 Å². The fraction of sp³-hybridized carbons (Fsp3) is 0. The highest BCUT2D eigenvalue weighted by Crippen LogP contribution is 2.45. The third kappa shape index (κ3) is 4.88. The van der Waals surface area contributed by atoms with Crippen molar-refractivity contribution in [3.63, 3.8) is 0 Å². The molecule has 54 heavy (non-hydrogen) atoms. The van der Waals surface area contributed by atoms with Crippen molar-refractivity contribution in [1.29, 1.82) is 0 Å². The Bertz CT molecular complexity index is 3210. The lowest BCUT2D eigenvalue weighted by Crippen LogP contribution is -2.11. The van der Waals surface area contributed by atoms with Crippen LogP contribution in [0.5, 0.6) is 0 Å². The number of fused-ring (bicyclic) bond motifs is 10. The van der Waals surface area contributed by atoms with E-state index < -0.39 is 0 Å². The van der Waals surface area contributed by atoms with Gasteiger partial charge in [0.2, 0.25) is 0 Å². The van der Waals surface area contributed by atoms with Crippen LogP contribution in [-0.4, -0.2) is 0 Å². The maximum Gasteiger partial charge on any atom is 0.135 e. The number of rotatable bonds is 5. The Labute approximate surface area is 312 Å². The Kier molecular flexibility index (Phi) is 6.90. The normalized spacial score (nSPS) is 11.7. The SMILES string of the molecule is c1ccc(-c2ccc3oc4ccc(N(c5ccc6c(ccc7ccc8ccc9ccccc9c8c76)c5)c5ccccc5-c5ccccc5)cc4c3c2)cc1. The van der Waals surface area contributed by atoms with Gasteiger partial charge in [0.25, 0.3) is 0 Å². The molecule has 11 rings (SSSR count). The van der Waals surface area contributed by atoms with E-state index in [2.05, 4.69) is 205 Å². The minimum Gasteiger partial charge on any atom is -0.456 e. The van der Waals surface area contributed by atoms with Crippen LogP contribution < -0.4 is 4.90 Å². The molecule has 2 nitrogen and oxygen atoms in total. The van der Waals surface area contributed by atoms with Crippen LogP contribution in [0.2, 0.25) is 0 Å². The lowest BCUT2D eigenvalue weighted by Gasteiger charge is -2.28. The summed E-state index contributed by atoms with van der Waals surface area (Å²) in [6, 6.07) is 72.3. The smallest absolute Gasteiger partial charge is 0.135 e. The first-order valence-corrected chi connectivity index (χ1v) is 18.5. The molecule has 1 aromatic heterocycles. The van der Waals surface area contributed by atoms with E-state index in [-0.39, 0.29) is 0 Å². The monoisotopic (exact) mass is 687 g/mol. The Morgan fingerprint density at radius 2 is 0.870 bits per heavy atom. The molecule has 0 fully saturated rings. The zero-order valence-electron chi connectivity index (χ0n) is 29.4. The topological polar surface area (TPSA) is 16.4 Å². The Hall–Kier alpha value is -7.16. The summed E-state index contributed by atoms with van der Waals surface area (Å²) in [5.41, 5.74) is 9.72. The minimum atomic E-state index is 0.874. The lowest BCUT2D eigenvalue weighted by atomic mass is 9.92. The molecule has 0 aliphatic heterocycles. The van der Waals surface area contributed by atoms with Crippen LogP contribution in [0, 0.1) is 0 Å². The average Bonchev–Trinajstić information content (AvgIpc) is 3.61. The number of benzene rings is 10. The summed E-state index contributed by atoms with van der Waals surface area (Å²) in [6.45, 7) is 0. The van der Waals surface area contributed by atoms with Crippen LogP contribution in [0.15, 0.2) is 205 Å². The second kappa shape index (κ2) is 12.2. The van der Waals surface area contributed by atoms with Gasteiger partial charge in [-0.2, -0.15) is 0 Å². The summed E-state index contributed by atoms with van der Waals surface area (Å²) in [5, 5.41) is 12.3. The molecule has 0 unspecified atom stereocenters. The van der Waals surface area contributed by atoms with E-state index in [4.69, 9.17) is 4.42 Å². The fourth-order valence-corrected chi connectivity index (χ4v) is 8.45. The van der Waals surface area contributed by atoms with Crippen molar-refractivity contribution in [2.75, 3.05) is 4.90 Å². The van der Waals surface area contributed by atoms with Crippen molar-refractivity contribution >= 4 is 82.1 Å². The molecule has 10 aromatic carbocycles. The summed E-state index contributed by atoms with van der Waals surface area (Å²) in [7, 11) is 0. The number of furan rings is 1. The average molecular weight is 688 g/mol. The molecule has 0 aliphatic carbocycles. The van der Waals surface area contributed by atoms with Crippen molar-refractivity contribution in [1.82, 2.24) is 0 Å². The molecule has 0 aliphatic rings. The molecule has 0 saturated carbocycles. The highest BCUT2D eigenvalue weighted by Gasteiger charge is 2.20.